The monoisotopic (exact) mass is 146 g/mol. The third-order valence-electron chi connectivity index (χ3n) is 0. The molecule has 6 heteroatoms. The number of carbonyl (C=O) groups is 1. The molecule has 36 valence electrons. The molecule has 0 atom stereocenters. The van der Waals surface area contributed by atoms with Crippen molar-refractivity contribution in [2.24, 2.45) is 0 Å². The Bertz CT molecular complexity index is 43.0. The Kier molecular flexibility index (Phi) is 35.8. The molecule has 0 aliphatic heterocycles. The van der Waals surface area contributed by atoms with Crippen molar-refractivity contribution in [3.05, 3.63) is 0 Å². The maximum absolute atomic E-state index is 8.33. The van der Waals surface area contributed by atoms with E-state index in [4.69, 9.17) is 19.5 Å². The first-order chi connectivity index (χ1) is 2.73. The summed E-state index contributed by atoms with van der Waals surface area (Å²) in [6.07, 6.45) is -2.33. The molecule has 4 nitrogen and oxygen atoms in total. The Morgan fingerprint density at radius 1 is 1.29 bits per heavy atom. The first-order valence-electron chi connectivity index (χ1n) is 0.901. The van der Waals surface area contributed by atoms with Gasteiger partial charge in [-0.15, -0.1) is 0 Å². The van der Waals surface area contributed by atoms with E-state index < -0.39 is 6.16 Å². The van der Waals surface area contributed by atoms with Crippen LogP contribution in [0.25, 0.3) is 0 Å². The zero-order valence-corrected chi connectivity index (χ0v) is 7.17. The van der Waals surface area contributed by atoms with E-state index in [0.717, 1.165) is 0 Å². The van der Waals surface area contributed by atoms with Crippen molar-refractivity contribution < 1.29 is 19.5 Å². The molecule has 0 aliphatic carbocycles. The van der Waals surface area contributed by atoms with Crippen molar-refractivity contribution in [2.45, 2.75) is 0 Å². The molecular weight excluding hydrogens is 144 g/mol. The van der Waals surface area contributed by atoms with Crippen molar-refractivity contribution in [1.29, 1.82) is 0 Å². The summed E-state index contributed by atoms with van der Waals surface area (Å²) in [6.45, 7) is 0. The molecule has 0 aromatic heterocycles. The van der Waals surface area contributed by atoms with Gasteiger partial charge in [-0.2, -0.15) is 0 Å². The van der Waals surface area contributed by atoms with Crippen LogP contribution in [0.2, 0.25) is 0 Å². The minimum atomic E-state index is -2.33. The number of rotatable bonds is 0. The zero-order chi connectivity index (χ0) is 5.58. The van der Waals surface area contributed by atoms with Crippen LogP contribution in [0.4, 0.5) is 4.79 Å². The summed E-state index contributed by atoms with van der Waals surface area (Å²) in [5.41, 5.74) is 0. The minimum Gasteiger partial charge on any atom is -0.652 e. The van der Waals surface area contributed by atoms with Crippen LogP contribution in [-0.2, 0) is 4.46 Å². The van der Waals surface area contributed by atoms with Crippen LogP contribution < -0.4 is 10.2 Å². The fraction of sp³-hybridized carbons (Fsp3) is 0. The van der Waals surface area contributed by atoms with E-state index in [1.54, 1.807) is 0 Å². The molecule has 0 rings (SSSR count). The number of carbonyl (C=O) groups excluding carboxylic acids is 1. The molecule has 0 amide bonds. The van der Waals surface area contributed by atoms with Crippen molar-refractivity contribution in [3.63, 3.8) is 0 Å². The molecule has 0 heterocycles. The van der Waals surface area contributed by atoms with Gasteiger partial charge in [0, 0.05) is 0 Å². The van der Waals surface area contributed by atoms with E-state index in [2.05, 4.69) is 0 Å². The smallest absolute Gasteiger partial charge is 0.652 e. The molecule has 0 saturated carbocycles. The Morgan fingerprint density at radius 2 is 1.29 bits per heavy atom. The predicted molar refractivity (Wildman–Crippen MR) is 20.4 cm³/mol. The van der Waals surface area contributed by atoms with Crippen molar-refractivity contribution in [1.82, 2.24) is 0 Å². The normalized spacial score (nSPS) is 4.00. The fourth-order valence-electron chi connectivity index (χ4n) is 0. The number of hydrogen-bond donors (Lipinski definition) is 0. The first kappa shape index (κ1) is 15.6. The van der Waals surface area contributed by atoms with Crippen LogP contribution in [0.1, 0.15) is 0 Å². The van der Waals surface area contributed by atoms with Gasteiger partial charge in [-0.3, -0.25) is 0 Å². The summed E-state index contributed by atoms with van der Waals surface area (Å²) in [4.78, 5) is 8.33. The largest absolute Gasteiger partial charge is 2.00 e. The first-order valence-corrected chi connectivity index (χ1v) is 1.48. The summed E-state index contributed by atoms with van der Waals surface area (Å²) in [5.74, 6) is 0. The van der Waals surface area contributed by atoms with Gasteiger partial charge in [-0.25, -0.2) is 0 Å². The van der Waals surface area contributed by atoms with Gasteiger partial charge in [0.2, 0.25) is 10.1 Å². The van der Waals surface area contributed by atoms with Crippen LogP contribution >= 0.6 is 0 Å². The standard InChI is InChI=1S/CH2O3.Ca.H2OSi/c2-1(3)4;;1-2/h(H2,2,3,4);;2H2/q;+2;/p-2. The van der Waals surface area contributed by atoms with Crippen molar-refractivity contribution in [2.75, 3.05) is 0 Å². The third kappa shape index (κ3) is 453. The summed E-state index contributed by atoms with van der Waals surface area (Å²) in [7, 11) is 0.611. The molecule has 0 bridgehead atoms. The van der Waals surface area contributed by atoms with Gasteiger partial charge in [-0.1, -0.05) is 0 Å². The zero-order valence-electron chi connectivity index (χ0n) is 3.55. The van der Waals surface area contributed by atoms with E-state index in [9.17, 15) is 0 Å². The second kappa shape index (κ2) is 16.0. The summed E-state index contributed by atoms with van der Waals surface area (Å²) in [5, 5.41) is 16.7. The topological polar surface area (TPSA) is 80.3 Å². The predicted octanol–water partition coefficient (Wildman–Crippen LogP) is -3.86. The van der Waals surface area contributed by atoms with E-state index >= 15 is 0 Å². The summed E-state index contributed by atoms with van der Waals surface area (Å²) >= 11 is 0. The second-order valence-electron chi connectivity index (χ2n) is 0.250. The quantitative estimate of drug-likeness (QED) is 0.327. The summed E-state index contributed by atoms with van der Waals surface area (Å²) in [6, 6.07) is 0. The maximum atomic E-state index is 8.33. The fourth-order valence-corrected chi connectivity index (χ4v) is 0. The third-order valence-corrected chi connectivity index (χ3v) is 0. The van der Waals surface area contributed by atoms with Gasteiger partial charge in [0.1, 0.15) is 0 Å². The molecule has 0 aromatic carbocycles. The van der Waals surface area contributed by atoms with Crippen LogP contribution in [0.15, 0.2) is 0 Å². The molecule has 0 saturated heterocycles. The molecular formula is CH2CaO4Si. The van der Waals surface area contributed by atoms with E-state index in [0.29, 0.717) is 10.1 Å². The Hall–Kier alpha value is 0.547. The van der Waals surface area contributed by atoms with Gasteiger partial charge in [-0.05, 0) is 6.16 Å². The number of hydrogen-bond acceptors (Lipinski definition) is 4. The summed E-state index contributed by atoms with van der Waals surface area (Å²) < 4.78 is 8.28. The average molecular weight is 146 g/mol. The van der Waals surface area contributed by atoms with E-state index in [-0.39, 0.29) is 37.7 Å². The van der Waals surface area contributed by atoms with Gasteiger partial charge in [0.05, 0.1) is 0 Å². The molecule has 0 fully saturated rings. The van der Waals surface area contributed by atoms with Gasteiger partial charge in [0.15, 0.2) is 0 Å². The van der Waals surface area contributed by atoms with Crippen LogP contribution in [-0.4, -0.2) is 54.0 Å². The minimum absolute atomic E-state index is 0. The maximum Gasteiger partial charge on any atom is 2.00 e. The van der Waals surface area contributed by atoms with Crippen LogP contribution in [0, 0.1) is 0 Å². The van der Waals surface area contributed by atoms with Crippen molar-refractivity contribution in [3.8, 4) is 0 Å². The van der Waals surface area contributed by atoms with Gasteiger partial charge in [0.25, 0.3) is 0 Å². The van der Waals surface area contributed by atoms with Gasteiger partial charge >= 0.3 is 37.7 Å². The van der Waals surface area contributed by atoms with E-state index in [1.807, 2.05) is 0 Å². The van der Waals surface area contributed by atoms with Crippen LogP contribution in [0.5, 0.6) is 0 Å². The molecule has 7 heavy (non-hydrogen) atoms. The molecule has 0 aromatic rings. The van der Waals surface area contributed by atoms with E-state index in [1.165, 1.54) is 0 Å². The van der Waals surface area contributed by atoms with Crippen molar-refractivity contribution >= 4 is 54.0 Å². The second-order valence-corrected chi connectivity index (χ2v) is 0.250. The molecule has 0 aliphatic rings. The molecule has 0 unspecified atom stereocenters. The molecule has 0 radical (unpaired) electrons. The Labute approximate surface area is 73.0 Å². The average Bonchev–Trinajstić information content (AvgIpc) is 1.41. The Balaban J connectivity index is -0.0000000480. The Morgan fingerprint density at radius 3 is 1.29 bits per heavy atom. The molecule has 0 N–H and O–H groups in total. The number of carboxylic acid groups (broad SMARTS) is 2. The SMILES string of the molecule is O=C([O-])[O-].O=[SiH2].[Ca+2]. The van der Waals surface area contributed by atoms with Gasteiger partial charge < -0.3 is 19.5 Å². The molecule has 0 spiro atoms. The van der Waals surface area contributed by atoms with Crippen LogP contribution in [0.3, 0.4) is 0 Å².